The number of alkyl halides is 1. The van der Waals surface area contributed by atoms with E-state index in [4.69, 9.17) is 5.11 Å². The molecule has 19 heavy (non-hydrogen) atoms. The van der Waals surface area contributed by atoms with Gasteiger partial charge in [-0.15, -0.1) is 0 Å². The van der Waals surface area contributed by atoms with Gasteiger partial charge < -0.3 is 10.4 Å². The zero-order valence-corrected chi connectivity index (χ0v) is 11.3. The van der Waals surface area contributed by atoms with Crippen LogP contribution >= 0.6 is 11.8 Å². The van der Waals surface area contributed by atoms with Crippen molar-refractivity contribution in [2.45, 2.75) is 25.0 Å². The zero-order valence-electron chi connectivity index (χ0n) is 10.5. The van der Waals surface area contributed by atoms with Crippen LogP contribution in [0, 0.1) is 13.8 Å². The number of aryl methyl sites for hydroxylation is 2. The molecule has 0 aliphatic rings. The first-order valence-electron chi connectivity index (χ1n) is 5.45. The van der Waals surface area contributed by atoms with Gasteiger partial charge in [0, 0.05) is 11.4 Å². The summed E-state index contributed by atoms with van der Waals surface area (Å²) in [5, 5.41) is 11.1. The van der Waals surface area contributed by atoms with Crippen LogP contribution in [0.5, 0.6) is 0 Å². The SMILES string of the molecule is Cc1cc(C)nc(SCC(=O)NC(CF)C(=O)O)n1. The van der Waals surface area contributed by atoms with E-state index in [1.165, 1.54) is 0 Å². The Labute approximate surface area is 113 Å². The number of carboxylic acid groups (broad SMARTS) is 1. The molecule has 0 bridgehead atoms. The summed E-state index contributed by atoms with van der Waals surface area (Å²) in [6.45, 7) is 2.47. The number of aliphatic carboxylic acids is 1. The third-order valence-corrected chi connectivity index (χ3v) is 2.93. The fraction of sp³-hybridized carbons (Fsp3) is 0.455. The second-order valence-electron chi connectivity index (χ2n) is 3.83. The molecule has 1 amide bonds. The standard InChI is InChI=1S/C11H14FN3O3S/c1-6-3-7(2)14-11(13-6)19-5-9(16)15-8(4-12)10(17)18/h3,8H,4-5H2,1-2H3,(H,15,16)(H,17,18). The maximum Gasteiger partial charge on any atom is 0.328 e. The van der Waals surface area contributed by atoms with E-state index in [1.54, 1.807) is 6.07 Å². The monoisotopic (exact) mass is 287 g/mol. The van der Waals surface area contributed by atoms with Crippen molar-refractivity contribution in [2.24, 2.45) is 0 Å². The zero-order chi connectivity index (χ0) is 14.4. The van der Waals surface area contributed by atoms with Gasteiger partial charge >= 0.3 is 5.97 Å². The predicted octanol–water partition coefficient (Wildman–Crippen LogP) is 0.724. The lowest BCUT2D eigenvalue weighted by Crippen LogP contribution is -2.43. The molecule has 2 N–H and O–H groups in total. The third kappa shape index (κ3) is 5.21. The molecule has 1 atom stereocenters. The fourth-order valence-corrected chi connectivity index (χ4v) is 2.05. The number of thioether (sulfide) groups is 1. The number of carbonyl (C=O) groups is 2. The highest BCUT2D eigenvalue weighted by Gasteiger charge is 2.19. The summed E-state index contributed by atoms with van der Waals surface area (Å²) in [4.78, 5) is 30.2. The average molecular weight is 287 g/mol. The number of nitrogens with one attached hydrogen (secondary N) is 1. The molecular formula is C11H14FN3O3S. The van der Waals surface area contributed by atoms with Gasteiger partial charge in [-0.3, -0.25) is 4.79 Å². The van der Waals surface area contributed by atoms with Crippen molar-refractivity contribution >= 4 is 23.6 Å². The maximum atomic E-state index is 12.3. The van der Waals surface area contributed by atoms with E-state index in [-0.39, 0.29) is 5.75 Å². The van der Waals surface area contributed by atoms with E-state index in [2.05, 4.69) is 15.3 Å². The second kappa shape index (κ2) is 7.03. The van der Waals surface area contributed by atoms with Crippen molar-refractivity contribution in [3.63, 3.8) is 0 Å². The molecule has 1 rings (SSSR count). The molecule has 1 heterocycles. The molecule has 0 saturated carbocycles. The first-order chi connectivity index (χ1) is 8.92. The van der Waals surface area contributed by atoms with Gasteiger partial charge in [-0.1, -0.05) is 11.8 Å². The van der Waals surface area contributed by atoms with Crippen LogP contribution < -0.4 is 5.32 Å². The molecule has 0 aromatic carbocycles. The highest BCUT2D eigenvalue weighted by atomic mass is 32.2. The minimum atomic E-state index is -1.51. The van der Waals surface area contributed by atoms with Gasteiger partial charge in [-0.2, -0.15) is 0 Å². The second-order valence-corrected chi connectivity index (χ2v) is 4.78. The molecule has 0 aliphatic carbocycles. The van der Waals surface area contributed by atoms with Crippen LogP contribution in [-0.4, -0.2) is 45.4 Å². The number of hydrogen-bond donors (Lipinski definition) is 2. The summed E-state index contributed by atoms with van der Waals surface area (Å²) in [5.41, 5.74) is 1.56. The molecule has 0 fully saturated rings. The lowest BCUT2D eigenvalue weighted by Gasteiger charge is -2.10. The number of aromatic nitrogens is 2. The topological polar surface area (TPSA) is 92.2 Å². The van der Waals surface area contributed by atoms with Crippen molar-refractivity contribution < 1.29 is 19.1 Å². The van der Waals surface area contributed by atoms with Crippen molar-refractivity contribution in [3.8, 4) is 0 Å². The van der Waals surface area contributed by atoms with Crippen molar-refractivity contribution in [2.75, 3.05) is 12.4 Å². The summed E-state index contributed by atoms with van der Waals surface area (Å²) in [6.07, 6.45) is 0. The van der Waals surface area contributed by atoms with Crippen molar-refractivity contribution in [1.82, 2.24) is 15.3 Å². The fourth-order valence-electron chi connectivity index (χ4n) is 1.29. The van der Waals surface area contributed by atoms with E-state index >= 15 is 0 Å². The largest absolute Gasteiger partial charge is 0.480 e. The molecule has 8 heteroatoms. The number of amides is 1. The van der Waals surface area contributed by atoms with E-state index in [0.717, 1.165) is 23.1 Å². The Morgan fingerprint density at radius 3 is 2.47 bits per heavy atom. The molecule has 104 valence electrons. The van der Waals surface area contributed by atoms with Gasteiger partial charge in [0.2, 0.25) is 5.91 Å². The Morgan fingerprint density at radius 1 is 1.42 bits per heavy atom. The minimum Gasteiger partial charge on any atom is -0.480 e. The average Bonchev–Trinajstić information content (AvgIpc) is 2.32. The summed E-state index contributed by atoms with van der Waals surface area (Å²) >= 11 is 1.07. The molecule has 0 spiro atoms. The summed E-state index contributed by atoms with van der Waals surface area (Å²) < 4.78 is 12.3. The first-order valence-corrected chi connectivity index (χ1v) is 6.44. The highest BCUT2D eigenvalue weighted by molar-refractivity contribution is 7.99. The highest BCUT2D eigenvalue weighted by Crippen LogP contribution is 2.13. The lowest BCUT2D eigenvalue weighted by molar-refractivity contribution is -0.141. The van der Waals surface area contributed by atoms with E-state index < -0.39 is 24.6 Å². The van der Waals surface area contributed by atoms with Crippen LogP contribution in [0.25, 0.3) is 0 Å². The van der Waals surface area contributed by atoms with E-state index in [1.807, 2.05) is 13.8 Å². The van der Waals surface area contributed by atoms with Crippen LogP contribution in [0.1, 0.15) is 11.4 Å². The summed E-state index contributed by atoms with van der Waals surface area (Å²) in [7, 11) is 0. The Morgan fingerprint density at radius 2 is 2.00 bits per heavy atom. The quantitative estimate of drug-likeness (QED) is 0.592. The van der Waals surface area contributed by atoms with Gasteiger partial charge in [0.15, 0.2) is 11.2 Å². The van der Waals surface area contributed by atoms with Crippen molar-refractivity contribution in [1.29, 1.82) is 0 Å². The summed E-state index contributed by atoms with van der Waals surface area (Å²) in [6, 6.07) is 0.293. The molecule has 1 aromatic rings. The van der Waals surface area contributed by atoms with Crippen LogP contribution in [0.3, 0.4) is 0 Å². The number of halogens is 1. The number of rotatable bonds is 6. The van der Waals surface area contributed by atoms with Crippen LogP contribution in [0.15, 0.2) is 11.2 Å². The van der Waals surface area contributed by atoms with E-state index in [0.29, 0.717) is 5.16 Å². The van der Waals surface area contributed by atoms with Crippen LogP contribution in [0.2, 0.25) is 0 Å². The molecule has 0 radical (unpaired) electrons. The third-order valence-electron chi connectivity index (χ3n) is 2.08. The Balaban J connectivity index is 2.52. The number of carboxylic acids is 1. The molecule has 1 unspecified atom stereocenters. The van der Waals surface area contributed by atoms with Crippen molar-refractivity contribution in [3.05, 3.63) is 17.5 Å². The normalized spacial score (nSPS) is 11.9. The summed E-state index contributed by atoms with van der Waals surface area (Å²) in [5.74, 6) is -2.03. The van der Waals surface area contributed by atoms with E-state index in [9.17, 15) is 14.0 Å². The first kappa shape index (κ1) is 15.4. The van der Waals surface area contributed by atoms with Crippen LogP contribution in [-0.2, 0) is 9.59 Å². The Kier molecular flexibility index (Phi) is 5.68. The van der Waals surface area contributed by atoms with Gasteiger partial charge in [0.25, 0.3) is 0 Å². The maximum absolute atomic E-state index is 12.3. The van der Waals surface area contributed by atoms with Gasteiger partial charge in [-0.05, 0) is 19.9 Å². The minimum absolute atomic E-state index is 0.0628. The number of nitrogens with zero attached hydrogens (tertiary/aromatic N) is 2. The smallest absolute Gasteiger partial charge is 0.328 e. The molecule has 1 aromatic heterocycles. The molecule has 6 nitrogen and oxygen atoms in total. The number of carbonyl (C=O) groups excluding carboxylic acids is 1. The molecule has 0 aliphatic heterocycles. The van der Waals surface area contributed by atoms with Crippen LogP contribution in [0.4, 0.5) is 4.39 Å². The Hall–Kier alpha value is -1.70. The predicted molar refractivity (Wildman–Crippen MR) is 67.8 cm³/mol. The van der Waals surface area contributed by atoms with Gasteiger partial charge in [0.05, 0.1) is 5.75 Å². The Bertz CT molecular complexity index is 464. The number of hydrogen-bond acceptors (Lipinski definition) is 5. The van der Waals surface area contributed by atoms with Gasteiger partial charge in [-0.25, -0.2) is 19.2 Å². The molecular weight excluding hydrogens is 273 g/mol. The lowest BCUT2D eigenvalue weighted by atomic mass is 10.3. The molecule has 0 saturated heterocycles. The van der Waals surface area contributed by atoms with Gasteiger partial charge in [0.1, 0.15) is 6.67 Å².